The van der Waals surface area contributed by atoms with Gasteiger partial charge in [-0.3, -0.25) is 4.90 Å². The number of hydrogen-bond donors (Lipinski definition) is 1. The Hall–Kier alpha value is -2.37. The average molecular weight is 387 g/mol. The van der Waals surface area contributed by atoms with E-state index in [2.05, 4.69) is 0 Å². The smallest absolute Gasteiger partial charge is 0.339 e. The van der Waals surface area contributed by atoms with Crippen molar-refractivity contribution >= 4 is 22.6 Å². The predicted octanol–water partition coefficient (Wildman–Crippen LogP) is 3.01. The number of quaternary nitrogens is 1. The molecule has 2 aromatic carbocycles. The molecule has 4 nitrogen and oxygen atoms in total. The van der Waals surface area contributed by atoms with Crippen LogP contribution in [0.15, 0.2) is 39.5 Å². The molecule has 0 amide bonds. The van der Waals surface area contributed by atoms with E-state index in [1.54, 1.807) is 12.1 Å². The molecule has 1 aromatic heterocycles. The first-order chi connectivity index (χ1) is 13.1. The van der Waals surface area contributed by atoms with Gasteiger partial charge >= 0.3 is 5.63 Å². The second kappa shape index (κ2) is 6.36. The summed E-state index contributed by atoms with van der Waals surface area (Å²) in [7, 11) is 0. The van der Waals surface area contributed by atoms with Crippen molar-refractivity contribution in [2.45, 2.75) is 32.4 Å². The lowest BCUT2D eigenvalue weighted by Crippen LogP contribution is -3.11. The number of benzene rings is 2. The Morgan fingerprint density at radius 1 is 1.11 bits per heavy atom. The van der Waals surface area contributed by atoms with E-state index in [1.165, 1.54) is 6.07 Å². The van der Waals surface area contributed by atoms with E-state index in [0.717, 1.165) is 52.0 Å². The summed E-state index contributed by atoms with van der Waals surface area (Å²) < 4.78 is 25.7. The van der Waals surface area contributed by atoms with Crippen LogP contribution in [0.5, 0.6) is 5.75 Å². The van der Waals surface area contributed by atoms with Gasteiger partial charge in [-0.15, -0.1) is 0 Å². The summed E-state index contributed by atoms with van der Waals surface area (Å²) in [6.07, 6.45) is 2.67. The van der Waals surface area contributed by atoms with Gasteiger partial charge in [0.1, 0.15) is 24.7 Å². The second-order valence-electron chi connectivity index (χ2n) is 7.21. The van der Waals surface area contributed by atoms with Crippen molar-refractivity contribution in [2.75, 3.05) is 6.73 Å². The lowest BCUT2D eigenvalue weighted by atomic mass is 10.0. The van der Waals surface area contributed by atoms with Crippen LogP contribution in [0, 0.1) is 5.82 Å². The largest absolute Gasteiger partial charge is 0.445 e. The molecule has 0 bridgehead atoms. The molecule has 3 aromatic rings. The van der Waals surface area contributed by atoms with Crippen molar-refractivity contribution in [1.82, 2.24) is 0 Å². The molecule has 0 fully saturated rings. The standard InChI is InChI=1S/C21H17ClFNO3/c22-17-5-2-6-18(23)15(17)9-24-10-16-19(26-11-24)8-7-13-12-3-1-4-14(12)21(25)27-20(13)16/h2,5-8H,1,3-4,9-11H2/p+1. The lowest BCUT2D eigenvalue weighted by Gasteiger charge is -2.27. The minimum absolute atomic E-state index is 0.243. The molecule has 6 heteroatoms. The van der Waals surface area contributed by atoms with Crippen molar-refractivity contribution in [3.05, 3.63) is 73.8 Å². The minimum atomic E-state index is -0.317. The average Bonchev–Trinajstić information content (AvgIpc) is 3.16. The molecular formula is C21H18ClFNO3+. The fraction of sp³-hybridized carbons (Fsp3) is 0.286. The van der Waals surface area contributed by atoms with Gasteiger partial charge in [0.2, 0.25) is 6.73 Å². The Kier molecular flexibility index (Phi) is 3.95. The Morgan fingerprint density at radius 2 is 1.96 bits per heavy atom. The number of aryl methyl sites for hydroxylation is 1. The van der Waals surface area contributed by atoms with Gasteiger partial charge in [0.25, 0.3) is 0 Å². The van der Waals surface area contributed by atoms with Crippen molar-refractivity contribution in [1.29, 1.82) is 0 Å². The van der Waals surface area contributed by atoms with Crippen LogP contribution in [-0.2, 0) is 25.9 Å². The summed E-state index contributed by atoms with van der Waals surface area (Å²) >= 11 is 6.17. The molecule has 0 radical (unpaired) electrons. The number of ether oxygens (including phenoxy) is 1. The SMILES string of the molecule is O=c1oc2c3c(ccc2c2c1CCC2)OC[NH+](Cc1c(F)cccc1Cl)C3. The van der Waals surface area contributed by atoms with Crippen molar-refractivity contribution in [3.63, 3.8) is 0 Å². The Morgan fingerprint density at radius 3 is 2.81 bits per heavy atom. The Balaban J connectivity index is 1.56. The third-order valence-electron chi connectivity index (χ3n) is 5.55. The summed E-state index contributed by atoms with van der Waals surface area (Å²) in [5, 5.41) is 1.41. The number of hydrogen-bond acceptors (Lipinski definition) is 3. The first kappa shape index (κ1) is 16.8. The molecular weight excluding hydrogens is 369 g/mol. The number of fused-ring (bicyclic) bond motifs is 5. The van der Waals surface area contributed by atoms with Crippen LogP contribution < -0.4 is 15.3 Å². The monoisotopic (exact) mass is 386 g/mol. The molecule has 0 spiro atoms. The number of halogens is 2. The fourth-order valence-electron chi connectivity index (χ4n) is 4.23. The van der Waals surface area contributed by atoms with Crippen LogP contribution in [-0.4, -0.2) is 6.73 Å². The first-order valence-corrected chi connectivity index (χ1v) is 9.49. The zero-order chi connectivity index (χ0) is 18.5. The molecule has 138 valence electrons. The van der Waals surface area contributed by atoms with E-state index in [4.69, 9.17) is 20.8 Å². The van der Waals surface area contributed by atoms with Gasteiger partial charge in [-0.2, -0.15) is 0 Å². The van der Waals surface area contributed by atoms with Gasteiger partial charge in [0.15, 0.2) is 5.58 Å². The molecule has 0 saturated heterocycles. The number of rotatable bonds is 2. The summed E-state index contributed by atoms with van der Waals surface area (Å²) in [6, 6.07) is 8.64. The summed E-state index contributed by atoms with van der Waals surface area (Å²) in [6.45, 7) is 1.38. The van der Waals surface area contributed by atoms with Gasteiger partial charge in [-0.1, -0.05) is 17.7 Å². The Labute approximate surface area is 160 Å². The van der Waals surface area contributed by atoms with Crippen LogP contribution >= 0.6 is 11.6 Å². The highest BCUT2D eigenvalue weighted by Crippen LogP contribution is 2.34. The normalized spacial score (nSPS) is 18.2. The van der Waals surface area contributed by atoms with Crippen LogP contribution in [0.3, 0.4) is 0 Å². The van der Waals surface area contributed by atoms with Crippen LogP contribution in [0.4, 0.5) is 4.39 Å². The van der Waals surface area contributed by atoms with Gasteiger partial charge in [-0.05, 0) is 49.1 Å². The Bertz CT molecular complexity index is 1100. The van der Waals surface area contributed by atoms with E-state index in [-0.39, 0.29) is 11.4 Å². The highest BCUT2D eigenvalue weighted by atomic mass is 35.5. The van der Waals surface area contributed by atoms with Crippen molar-refractivity contribution < 1.29 is 18.4 Å². The number of nitrogens with one attached hydrogen (secondary N) is 1. The van der Waals surface area contributed by atoms with E-state index < -0.39 is 0 Å². The van der Waals surface area contributed by atoms with Crippen LogP contribution in [0.25, 0.3) is 11.0 Å². The maximum absolute atomic E-state index is 14.2. The van der Waals surface area contributed by atoms with Crippen molar-refractivity contribution in [3.8, 4) is 5.75 Å². The topological polar surface area (TPSA) is 43.9 Å². The third kappa shape index (κ3) is 2.73. The predicted molar refractivity (Wildman–Crippen MR) is 99.8 cm³/mol. The van der Waals surface area contributed by atoms with E-state index in [0.29, 0.717) is 36.0 Å². The van der Waals surface area contributed by atoms with Gasteiger partial charge in [0.05, 0.1) is 16.1 Å². The molecule has 1 unspecified atom stereocenters. The highest BCUT2D eigenvalue weighted by molar-refractivity contribution is 6.31. The third-order valence-corrected chi connectivity index (χ3v) is 5.90. The van der Waals surface area contributed by atoms with E-state index >= 15 is 0 Å². The molecule has 0 saturated carbocycles. The zero-order valence-corrected chi connectivity index (χ0v) is 15.4. The maximum atomic E-state index is 14.2. The molecule has 1 aliphatic heterocycles. The van der Waals surface area contributed by atoms with Gasteiger partial charge in [0, 0.05) is 10.9 Å². The van der Waals surface area contributed by atoms with E-state index in [1.807, 2.05) is 12.1 Å². The molecule has 5 rings (SSSR count). The molecule has 1 N–H and O–H groups in total. The molecule has 2 aliphatic rings. The highest BCUT2D eigenvalue weighted by Gasteiger charge is 2.28. The summed E-state index contributed by atoms with van der Waals surface area (Å²) in [4.78, 5) is 13.4. The molecule has 27 heavy (non-hydrogen) atoms. The quantitative estimate of drug-likeness (QED) is 0.688. The lowest BCUT2D eigenvalue weighted by molar-refractivity contribution is -0.945. The summed E-state index contributed by atoms with van der Waals surface area (Å²) in [5.41, 5.74) is 3.62. The van der Waals surface area contributed by atoms with Crippen molar-refractivity contribution in [2.24, 2.45) is 0 Å². The molecule has 1 atom stereocenters. The molecule has 1 aliphatic carbocycles. The van der Waals surface area contributed by atoms with Crippen LogP contribution in [0.1, 0.15) is 28.7 Å². The summed E-state index contributed by atoms with van der Waals surface area (Å²) in [5.74, 6) is 0.412. The van der Waals surface area contributed by atoms with Crippen LogP contribution in [0.2, 0.25) is 5.02 Å². The maximum Gasteiger partial charge on any atom is 0.339 e. The van der Waals surface area contributed by atoms with E-state index in [9.17, 15) is 9.18 Å². The van der Waals surface area contributed by atoms with Gasteiger partial charge in [-0.25, -0.2) is 9.18 Å². The second-order valence-corrected chi connectivity index (χ2v) is 7.62. The van der Waals surface area contributed by atoms with Gasteiger partial charge < -0.3 is 9.15 Å². The first-order valence-electron chi connectivity index (χ1n) is 9.11. The fourth-order valence-corrected chi connectivity index (χ4v) is 4.46. The minimum Gasteiger partial charge on any atom is -0.445 e. The molecule has 2 heterocycles. The zero-order valence-electron chi connectivity index (χ0n) is 14.6.